The molecule has 0 spiro atoms. The fourth-order valence-electron chi connectivity index (χ4n) is 7.44. The highest BCUT2D eigenvalue weighted by molar-refractivity contribution is 8.76. The first-order valence-corrected chi connectivity index (χ1v) is 25.6. The lowest BCUT2D eigenvalue weighted by Gasteiger charge is -2.31. The minimum absolute atomic E-state index is 0.0297. The highest BCUT2D eigenvalue weighted by Crippen LogP contribution is 2.26. The lowest BCUT2D eigenvalue weighted by molar-refractivity contribution is -0.142. The van der Waals surface area contributed by atoms with E-state index in [1.807, 2.05) is 6.92 Å². The van der Waals surface area contributed by atoms with Crippen molar-refractivity contribution in [2.75, 3.05) is 37.7 Å². The van der Waals surface area contributed by atoms with Crippen LogP contribution in [-0.4, -0.2) is 155 Å². The summed E-state index contributed by atoms with van der Waals surface area (Å²) in [5.74, 6) is -7.56. The van der Waals surface area contributed by atoms with Crippen LogP contribution in [0, 0.1) is 5.92 Å². The summed E-state index contributed by atoms with van der Waals surface area (Å²) in [5.41, 5.74) is 16.9. The van der Waals surface area contributed by atoms with Crippen molar-refractivity contribution in [2.45, 2.75) is 134 Å². The van der Waals surface area contributed by atoms with E-state index in [0.29, 0.717) is 37.2 Å². The van der Waals surface area contributed by atoms with Gasteiger partial charge in [-0.2, -0.15) is 0 Å². The maximum Gasteiger partial charge on any atom is 0.246 e. The van der Waals surface area contributed by atoms with Crippen LogP contribution < -0.4 is 59.2 Å². The number of hydrogen-bond donors (Lipinski definition) is 11. The molecule has 3 rings (SSSR count). The summed E-state index contributed by atoms with van der Waals surface area (Å²) in [6.07, 6.45) is -0.964. The van der Waals surface area contributed by atoms with Gasteiger partial charge in [-0.3, -0.25) is 47.9 Å². The summed E-state index contributed by atoms with van der Waals surface area (Å²) < 4.78 is 5.54. The van der Waals surface area contributed by atoms with Gasteiger partial charge in [0.15, 0.2) is 0 Å². The molecule has 10 amide bonds. The number of nitrogens with zero attached hydrogens (tertiary/aromatic N) is 1. The van der Waals surface area contributed by atoms with Crippen LogP contribution in [0.1, 0.15) is 84.6 Å². The average Bonchev–Trinajstić information content (AvgIpc) is 3.81. The molecule has 1 aromatic rings. The van der Waals surface area contributed by atoms with Crippen molar-refractivity contribution >= 4 is 80.7 Å². The molecule has 9 atom stereocenters. The third kappa shape index (κ3) is 19.0. The lowest BCUT2D eigenvalue weighted by atomic mass is 9.96. The molecule has 0 bridgehead atoms. The third-order valence-electron chi connectivity index (χ3n) is 11.4. The van der Waals surface area contributed by atoms with Crippen molar-refractivity contribution < 1.29 is 57.8 Å². The molecule has 2 fully saturated rings. The Morgan fingerprint density at radius 3 is 2.16 bits per heavy atom. The minimum Gasteiger partial charge on any atom is -0.494 e. The predicted molar refractivity (Wildman–Crippen MR) is 257 cm³/mol. The van der Waals surface area contributed by atoms with E-state index in [1.165, 1.54) is 22.6 Å². The second-order valence-corrected chi connectivity index (χ2v) is 19.5. The molecule has 14 N–H and O–H groups in total. The Balaban J connectivity index is 2.00. The molecular weight excluding hydrogens is 939 g/mol. The first-order chi connectivity index (χ1) is 32.8. The van der Waals surface area contributed by atoms with E-state index in [-0.39, 0.29) is 56.7 Å². The van der Waals surface area contributed by atoms with Crippen molar-refractivity contribution in [2.24, 2.45) is 23.1 Å². The van der Waals surface area contributed by atoms with Crippen molar-refractivity contribution in [1.29, 1.82) is 0 Å². The van der Waals surface area contributed by atoms with E-state index in [1.54, 1.807) is 38.1 Å². The number of carbonyl (C=O) groups excluding carboxylic acids is 10. The molecule has 0 saturated carbocycles. The first-order valence-electron chi connectivity index (χ1n) is 23.1. The number of aliphatic hydroxyl groups excluding tert-OH is 1. The summed E-state index contributed by atoms with van der Waals surface area (Å²) in [7, 11) is 2.30. The van der Waals surface area contributed by atoms with E-state index in [9.17, 15) is 53.1 Å². The third-order valence-corrected chi connectivity index (χ3v) is 13.9. The van der Waals surface area contributed by atoms with E-state index in [4.69, 9.17) is 21.9 Å². The second-order valence-electron chi connectivity index (χ2n) is 16.8. The number of primary amides is 2. The van der Waals surface area contributed by atoms with Crippen LogP contribution in [0.3, 0.4) is 0 Å². The number of nitrogens with one attached hydrogen (secondary N) is 7. The number of amides is 10. The van der Waals surface area contributed by atoms with Crippen molar-refractivity contribution in [1.82, 2.24) is 42.1 Å². The molecule has 1 aromatic carbocycles. The van der Waals surface area contributed by atoms with Gasteiger partial charge in [-0.05, 0) is 76.1 Å². The molecule has 23 nitrogen and oxygen atoms in total. The molecule has 2 aliphatic heterocycles. The van der Waals surface area contributed by atoms with Crippen LogP contribution in [-0.2, 0) is 54.4 Å². The van der Waals surface area contributed by atoms with E-state index >= 15 is 0 Å². The van der Waals surface area contributed by atoms with Crippen molar-refractivity contribution in [3.05, 3.63) is 29.8 Å². The normalized spacial score (nSPS) is 23.6. The number of hydrogen-bond acceptors (Lipinski definition) is 15. The first kappa shape index (κ1) is 57.7. The maximum absolute atomic E-state index is 14.5. The van der Waals surface area contributed by atoms with Crippen LogP contribution in [0.15, 0.2) is 24.3 Å². The zero-order chi connectivity index (χ0) is 51.2. The predicted octanol–water partition coefficient (Wildman–Crippen LogP) is -2.65. The fraction of sp³-hybridized carbons (Fsp3) is 0.636. The summed E-state index contributed by atoms with van der Waals surface area (Å²) in [4.78, 5) is 135. The monoisotopic (exact) mass is 1010 g/mol. The van der Waals surface area contributed by atoms with Gasteiger partial charge in [0.25, 0.3) is 0 Å². The number of likely N-dealkylation sites (tertiary alicyclic amines) is 1. The topological polar surface area (TPSA) is 366 Å². The van der Waals surface area contributed by atoms with Crippen LogP contribution in [0.5, 0.6) is 5.75 Å². The van der Waals surface area contributed by atoms with Gasteiger partial charge < -0.3 is 69.2 Å². The highest BCUT2D eigenvalue weighted by atomic mass is 33.1. The molecule has 384 valence electrons. The van der Waals surface area contributed by atoms with Gasteiger partial charge in [0, 0.05) is 37.3 Å². The number of nitrogens with two attached hydrogens (primary N) is 3. The SMILES string of the molecule is CCOc1ccc(C[C@H]2NC(=O)CCSSC[C@@H](C(=O)N3CCC[C@H]3C(=O)N[C@@H](CCCN)C(=O)NCC(N)=O)NC(=O)[C@H](CCC(N)=O)NC(=O)[C@H]([C@@H](C)O)NC(=O)[C@H]([C@@H](C)CC)NC2=O)cc1. The highest BCUT2D eigenvalue weighted by Gasteiger charge is 2.41. The number of rotatable bonds is 19. The van der Waals surface area contributed by atoms with Crippen LogP contribution >= 0.6 is 21.6 Å². The smallest absolute Gasteiger partial charge is 0.246 e. The Labute approximate surface area is 409 Å². The van der Waals surface area contributed by atoms with Gasteiger partial charge in [0.1, 0.15) is 48.0 Å². The van der Waals surface area contributed by atoms with Crippen LogP contribution in [0.4, 0.5) is 0 Å². The molecule has 69 heavy (non-hydrogen) atoms. The fourth-order valence-corrected chi connectivity index (χ4v) is 9.58. The molecule has 25 heteroatoms. The number of carbonyl (C=O) groups is 10. The Bertz CT molecular complexity index is 1960. The Morgan fingerprint density at radius 1 is 0.870 bits per heavy atom. The zero-order valence-corrected chi connectivity index (χ0v) is 41.2. The quantitative estimate of drug-likeness (QED) is 0.0631. The molecule has 0 aromatic heterocycles. The molecule has 0 unspecified atom stereocenters. The van der Waals surface area contributed by atoms with Crippen molar-refractivity contribution in [3.63, 3.8) is 0 Å². The lowest BCUT2D eigenvalue weighted by Crippen LogP contribution is -2.62. The molecule has 2 heterocycles. The standard InChI is InChI=1S/C44H69N11O12S2/c1-5-24(3)36-42(64)54-37(25(4)56)43(65)51-29(15-16-33(46)57)39(61)52-31(44(66)55-19-8-10-32(55)41(63)50-28(9-7-18-45)38(60)48-22-34(47)58)23-69-68-20-17-35(59)49-30(40(62)53-36)21-26-11-13-27(14-12-26)67-6-2/h11-14,24-25,28-32,36-37,56H,5-10,15-23,45H2,1-4H3,(H2,46,57)(H2,47,58)(H,48,60)(H,49,59)(H,50,63)(H,51,65)(H,52,61)(H,53,62)(H,54,64)/t24-,25+,28-,29-,30+,31-,32-,36-,37-/m0/s1. The molecular formula is C44H69N11O12S2. The number of aliphatic hydroxyl groups is 1. The summed E-state index contributed by atoms with van der Waals surface area (Å²) in [5, 5.41) is 29.0. The Kier molecular flexibility index (Phi) is 24.6. The largest absolute Gasteiger partial charge is 0.494 e. The van der Waals surface area contributed by atoms with E-state index in [0.717, 1.165) is 10.8 Å². The number of benzene rings is 1. The molecule has 2 saturated heterocycles. The molecule has 0 radical (unpaired) electrons. The Hall–Kier alpha value is -5.66. The summed E-state index contributed by atoms with van der Waals surface area (Å²) in [6.45, 7) is 6.79. The average molecular weight is 1010 g/mol. The molecule has 0 aliphatic carbocycles. The van der Waals surface area contributed by atoms with Gasteiger partial charge in [0.2, 0.25) is 59.1 Å². The van der Waals surface area contributed by atoms with Gasteiger partial charge in [-0.25, -0.2) is 0 Å². The van der Waals surface area contributed by atoms with Gasteiger partial charge in [-0.15, -0.1) is 0 Å². The zero-order valence-electron chi connectivity index (χ0n) is 39.5. The number of ether oxygens (including phenoxy) is 1. The van der Waals surface area contributed by atoms with E-state index < -0.39 is 126 Å². The maximum atomic E-state index is 14.5. The van der Waals surface area contributed by atoms with E-state index in [2.05, 4.69) is 37.2 Å². The second kappa shape index (κ2) is 29.4. The van der Waals surface area contributed by atoms with Crippen LogP contribution in [0.2, 0.25) is 0 Å². The van der Waals surface area contributed by atoms with Crippen molar-refractivity contribution in [3.8, 4) is 5.75 Å². The Morgan fingerprint density at radius 2 is 1.54 bits per heavy atom. The van der Waals surface area contributed by atoms with Gasteiger partial charge in [-0.1, -0.05) is 54.0 Å². The molecule has 2 aliphatic rings. The summed E-state index contributed by atoms with van der Waals surface area (Å²) >= 11 is 0. The van der Waals surface area contributed by atoms with Gasteiger partial charge >= 0.3 is 0 Å². The summed E-state index contributed by atoms with van der Waals surface area (Å²) in [6, 6.07) is -2.30. The van der Waals surface area contributed by atoms with Gasteiger partial charge in [0.05, 0.1) is 19.3 Å². The minimum atomic E-state index is -1.70. The van der Waals surface area contributed by atoms with Crippen LogP contribution in [0.25, 0.3) is 0 Å².